The molecule has 1 aliphatic rings. The van der Waals surface area contributed by atoms with Gasteiger partial charge in [0.1, 0.15) is 0 Å². The third-order valence-corrected chi connectivity index (χ3v) is 5.33. The molecule has 0 radical (unpaired) electrons. The summed E-state index contributed by atoms with van der Waals surface area (Å²) >= 11 is 0. The van der Waals surface area contributed by atoms with Crippen molar-refractivity contribution in [3.63, 3.8) is 0 Å². The average molecular weight is 291 g/mol. The molecular formula is C13H29N3O2S. The van der Waals surface area contributed by atoms with Crippen LogP contribution in [0.4, 0.5) is 0 Å². The van der Waals surface area contributed by atoms with Crippen molar-refractivity contribution in [2.24, 2.45) is 5.41 Å². The molecular weight excluding hydrogens is 262 g/mol. The van der Waals surface area contributed by atoms with Gasteiger partial charge < -0.3 is 5.32 Å². The highest BCUT2D eigenvalue weighted by Crippen LogP contribution is 2.27. The van der Waals surface area contributed by atoms with Crippen molar-refractivity contribution >= 4 is 10.2 Å². The molecule has 0 aromatic heterocycles. The van der Waals surface area contributed by atoms with Crippen LogP contribution in [0.3, 0.4) is 0 Å². The highest BCUT2D eigenvalue weighted by molar-refractivity contribution is 7.87. The Labute approximate surface area is 118 Å². The van der Waals surface area contributed by atoms with E-state index in [4.69, 9.17) is 0 Å². The zero-order valence-electron chi connectivity index (χ0n) is 12.5. The standard InChI is InChI=1S/C13H29N3O2S/c1-4-10-16(11-5-2)19(17,18)15-12-13(3)6-8-14-9-7-13/h14-15H,4-12H2,1-3H3. The van der Waals surface area contributed by atoms with Gasteiger partial charge in [-0.3, -0.25) is 0 Å². The van der Waals surface area contributed by atoms with Gasteiger partial charge in [-0.25, -0.2) is 4.72 Å². The van der Waals surface area contributed by atoms with Gasteiger partial charge in [-0.1, -0.05) is 20.8 Å². The molecule has 2 N–H and O–H groups in total. The summed E-state index contributed by atoms with van der Waals surface area (Å²) in [6.45, 7) is 9.88. The van der Waals surface area contributed by atoms with E-state index in [-0.39, 0.29) is 5.41 Å². The minimum Gasteiger partial charge on any atom is -0.317 e. The molecule has 0 spiro atoms. The largest absolute Gasteiger partial charge is 0.317 e. The summed E-state index contributed by atoms with van der Waals surface area (Å²) in [6.07, 6.45) is 3.75. The van der Waals surface area contributed by atoms with E-state index in [1.54, 1.807) is 4.31 Å². The molecule has 1 rings (SSSR count). The van der Waals surface area contributed by atoms with Crippen LogP contribution >= 0.6 is 0 Å². The van der Waals surface area contributed by atoms with E-state index in [0.717, 1.165) is 38.8 Å². The van der Waals surface area contributed by atoms with E-state index in [1.807, 2.05) is 13.8 Å². The molecule has 0 aromatic carbocycles. The Hall–Kier alpha value is -0.170. The lowest BCUT2D eigenvalue weighted by molar-refractivity contribution is 0.230. The van der Waals surface area contributed by atoms with Gasteiger partial charge in [-0.2, -0.15) is 12.7 Å². The van der Waals surface area contributed by atoms with Gasteiger partial charge >= 0.3 is 0 Å². The maximum absolute atomic E-state index is 12.3. The summed E-state index contributed by atoms with van der Waals surface area (Å²) in [6, 6.07) is 0. The monoisotopic (exact) mass is 291 g/mol. The fourth-order valence-electron chi connectivity index (χ4n) is 2.41. The van der Waals surface area contributed by atoms with Crippen LogP contribution < -0.4 is 10.0 Å². The molecule has 0 amide bonds. The number of rotatable bonds is 8. The van der Waals surface area contributed by atoms with Crippen LogP contribution in [-0.4, -0.2) is 45.4 Å². The van der Waals surface area contributed by atoms with Crippen LogP contribution in [0.5, 0.6) is 0 Å². The number of nitrogens with one attached hydrogen (secondary N) is 2. The molecule has 0 aliphatic carbocycles. The molecule has 1 aliphatic heterocycles. The first-order valence-electron chi connectivity index (χ1n) is 7.39. The fourth-order valence-corrected chi connectivity index (χ4v) is 3.97. The molecule has 0 atom stereocenters. The summed E-state index contributed by atoms with van der Waals surface area (Å²) in [4.78, 5) is 0. The Morgan fingerprint density at radius 1 is 1.16 bits per heavy atom. The van der Waals surface area contributed by atoms with E-state index < -0.39 is 10.2 Å². The quantitative estimate of drug-likeness (QED) is 0.709. The lowest BCUT2D eigenvalue weighted by Crippen LogP contribution is -2.47. The minimum absolute atomic E-state index is 0.0857. The topological polar surface area (TPSA) is 61.4 Å². The van der Waals surface area contributed by atoms with Crippen molar-refractivity contribution < 1.29 is 8.42 Å². The van der Waals surface area contributed by atoms with Gasteiger partial charge in [0.2, 0.25) is 0 Å². The predicted octanol–water partition coefficient (Wildman–Crippen LogP) is 1.33. The van der Waals surface area contributed by atoms with Crippen molar-refractivity contribution in [1.29, 1.82) is 0 Å². The zero-order valence-corrected chi connectivity index (χ0v) is 13.4. The molecule has 1 heterocycles. The van der Waals surface area contributed by atoms with E-state index in [2.05, 4.69) is 17.0 Å². The molecule has 0 saturated carbocycles. The summed E-state index contributed by atoms with van der Waals surface area (Å²) in [7, 11) is -3.32. The van der Waals surface area contributed by atoms with Crippen molar-refractivity contribution in [3.05, 3.63) is 0 Å². The Morgan fingerprint density at radius 2 is 1.68 bits per heavy atom. The molecule has 1 fully saturated rings. The first kappa shape index (κ1) is 16.9. The van der Waals surface area contributed by atoms with Gasteiger partial charge in [0, 0.05) is 19.6 Å². The predicted molar refractivity (Wildman–Crippen MR) is 79.3 cm³/mol. The normalized spacial score (nSPS) is 19.8. The number of hydrogen-bond acceptors (Lipinski definition) is 3. The molecule has 1 saturated heterocycles. The molecule has 6 heteroatoms. The summed E-state index contributed by atoms with van der Waals surface area (Å²) in [5, 5.41) is 3.31. The van der Waals surface area contributed by atoms with Crippen LogP contribution in [0, 0.1) is 5.41 Å². The van der Waals surface area contributed by atoms with Crippen LogP contribution in [0.2, 0.25) is 0 Å². The molecule has 5 nitrogen and oxygen atoms in total. The van der Waals surface area contributed by atoms with Crippen LogP contribution in [0.15, 0.2) is 0 Å². The first-order valence-corrected chi connectivity index (χ1v) is 8.83. The van der Waals surface area contributed by atoms with Crippen molar-refractivity contribution in [1.82, 2.24) is 14.3 Å². The van der Waals surface area contributed by atoms with Gasteiger partial charge in [0.25, 0.3) is 10.2 Å². The Morgan fingerprint density at radius 3 is 2.16 bits per heavy atom. The van der Waals surface area contributed by atoms with Crippen LogP contribution in [0.1, 0.15) is 46.5 Å². The molecule has 0 unspecified atom stereocenters. The van der Waals surface area contributed by atoms with Crippen molar-refractivity contribution in [2.45, 2.75) is 46.5 Å². The molecule has 0 bridgehead atoms. The van der Waals surface area contributed by atoms with E-state index >= 15 is 0 Å². The maximum Gasteiger partial charge on any atom is 0.279 e. The Balaban J connectivity index is 2.57. The highest BCUT2D eigenvalue weighted by atomic mass is 32.2. The van der Waals surface area contributed by atoms with Gasteiger partial charge in [0.15, 0.2) is 0 Å². The average Bonchev–Trinajstić information content (AvgIpc) is 2.37. The third-order valence-electron chi connectivity index (χ3n) is 3.78. The number of hydrogen-bond donors (Lipinski definition) is 2. The van der Waals surface area contributed by atoms with E-state index in [1.165, 1.54) is 0 Å². The second-order valence-corrected chi connectivity index (χ2v) is 7.54. The number of nitrogens with zero attached hydrogens (tertiary/aromatic N) is 1. The van der Waals surface area contributed by atoms with Crippen molar-refractivity contribution in [2.75, 3.05) is 32.7 Å². The van der Waals surface area contributed by atoms with E-state index in [9.17, 15) is 8.42 Å². The fraction of sp³-hybridized carbons (Fsp3) is 1.00. The second-order valence-electron chi connectivity index (χ2n) is 5.79. The molecule has 0 aromatic rings. The second kappa shape index (κ2) is 7.57. The SMILES string of the molecule is CCCN(CCC)S(=O)(=O)NCC1(C)CCNCC1. The van der Waals surface area contributed by atoms with Gasteiger partial charge in [-0.15, -0.1) is 0 Å². The zero-order chi connectivity index (χ0) is 14.4. The van der Waals surface area contributed by atoms with Gasteiger partial charge in [-0.05, 0) is 44.2 Å². The van der Waals surface area contributed by atoms with Gasteiger partial charge in [0.05, 0.1) is 0 Å². The Bertz CT molecular complexity index is 345. The minimum atomic E-state index is -3.32. The smallest absolute Gasteiger partial charge is 0.279 e. The van der Waals surface area contributed by atoms with E-state index in [0.29, 0.717) is 19.6 Å². The van der Waals surface area contributed by atoms with Crippen LogP contribution in [-0.2, 0) is 10.2 Å². The molecule has 19 heavy (non-hydrogen) atoms. The van der Waals surface area contributed by atoms with Crippen LogP contribution in [0.25, 0.3) is 0 Å². The lowest BCUT2D eigenvalue weighted by Gasteiger charge is -2.34. The summed E-state index contributed by atoms with van der Waals surface area (Å²) < 4.78 is 29.0. The first-order chi connectivity index (χ1) is 8.93. The lowest BCUT2D eigenvalue weighted by atomic mass is 9.81. The third kappa shape index (κ3) is 5.38. The summed E-state index contributed by atoms with van der Waals surface area (Å²) in [5.41, 5.74) is 0.0857. The Kier molecular flexibility index (Phi) is 6.73. The van der Waals surface area contributed by atoms with Crippen molar-refractivity contribution in [3.8, 4) is 0 Å². The maximum atomic E-state index is 12.3. The number of piperidine rings is 1. The molecule has 114 valence electrons. The summed E-state index contributed by atoms with van der Waals surface area (Å²) in [5.74, 6) is 0. The highest BCUT2D eigenvalue weighted by Gasteiger charge is 2.29.